The number of nitrogens with one attached hydrogen (secondary N) is 1. The number of carbonyl (C=O) groups excluding carboxylic acids is 2. The zero-order valence-corrected chi connectivity index (χ0v) is 24.1. The summed E-state index contributed by atoms with van der Waals surface area (Å²) < 4.78 is 37.5. The maximum atomic E-state index is 13.9. The van der Waals surface area contributed by atoms with Crippen LogP contribution in [0.4, 0.5) is 5.82 Å². The van der Waals surface area contributed by atoms with Gasteiger partial charge >= 0.3 is 25.4 Å². The fourth-order valence-electron chi connectivity index (χ4n) is 3.82. The van der Waals surface area contributed by atoms with Crippen LogP contribution in [-0.2, 0) is 28.2 Å². The molecule has 0 radical (unpaired) electrons. The molecule has 0 amide bonds. The van der Waals surface area contributed by atoms with Crippen molar-refractivity contribution in [1.82, 2.24) is 14.6 Å². The molecule has 1 aromatic heterocycles. The molecule has 1 aliphatic rings. The predicted octanol–water partition coefficient (Wildman–Crippen LogP) is 3.78. The zero-order chi connectivity index (χ0) is 29.3. The highest BCUT2D eigenvalue weighted by Crippen LogP contribution is 2.56. The molecular formula is C27H37N4O8P. The van der Waals surface area contributed by atoms with Crippen LogP contribution in [0.15, 0.2) is 53.0 Å². The molecule has 218 valence electrons. The van der Waals surface area contributed by atoms with E-state index in [4.69, 9.17) is 24.3 Å². The molecule has 12 nitrogen and oxygen atoms in total. The normalized spacial score (nSPS) is 19.6. The summed E-state index contributed by atoms with van der Waals surface area (Å²) >= 11 is 0. The number of esters is 2. The molecule has 40 heavy (non-hydrogen) atoms. The van der Waals surface area contributed by atoms with Crippen LogP contribution in [0.5, 0.6) is 5.75 Å². The summed E-state index contributed by atoms with van der Waals surface area (Å²) in [5.41, 5.74) is 4.82. The summed E-state index contributed by atoms with van der Waals surface area (Å²) in [6.45, 7) is 6.80. The Labute approximate surface area is 233 Å². The lowest BCUT2D eigenvalue weighted by molar-refractivity contribution is -0.147. The van der Waals surface area contributed by atoms with E-state index < -0.39 is 36.8 Å². The number of rotatable bonds is 15. The van der Waals surface area contributed by atoms with Gasteiger partial charge in [-0.1, -0.05) is 44.9 Å². The van der Waals surface area contributed by atoms with E-state index in [1.165, 1.54) is 30.7 Å². The van der Waals surface area contributed by atoms with E-state index in [1.807, 2.05) is 13.8 Å². The first-order valence-corrected chi connectivity index (χ1v) is 14.7. The van der Waals surface area contributed by atoms with Crippen molar-refractivity contribution in [3.05, 3.63) is 58.7 Å². The first kappa shape index (κ1) is 31.1. The quantitative estimate of drug-likeness (QED) is 0.234. The lowest BCUT2D eigenvalue weighted by Crippen LogP contribution is -2.36. The molecule has 3 N–H and O–H groups in total. The Morgan fingerprint density at radius 1 is 1.18 bits per heavy atom. The summed E-state index contributed by atoms with van der Waals surface area (Å²) in [4.78, 5) is 40.2. The minimum absolute atomic E-state index is 0.0797. The molecular weight excluding hydrogens is 539 g/mol. The molecule has 1 unspecified atom stereocenters. The van der Waals surface area contributed by atoms with E-state index in [0.29, 0.717) is 12.0 Å². The smallest absolute Gasteiger partial charge is 0.459 e. The molecule has 0 aliphatic heterocycles. The van der Waals surface area contributed by atoms with Gasteiger partial charge < -0.3 is 19.7 Å². The molecule has 1 heterocycles. The van der Waals surface area contributed by atoms with E-state index in [-0.39, 0.29) is 37.3 Å². The second-order valence-electron chi connectivity index (χ2n) is 9.77. The van der Waals surface area contributed by atoms with E-state index in [0.717, 1.165) is 12.8 Å². The van der Waals surface area contributed by atoms with Crippen LogP contribution in [-0.4, -0.2) is 47.4 Å². The van der Waals surface area contributed by atoms with Gasteiger partial charge in [0.1, 0.15) is 24.2 Å². The van der Waals surface area contributed by atoms with Gasteiger partial charge in [-0.3, -0.25) is 18.7 Å². The predicted molar refractivity (Wildman–Crippen MR) is 149 cm³/mol. The standard InChI is InChI=1S/C27H37N4O8P/c1-5-21(6-2)16-36-25(33)19(3)30-40(35,39-23-10-8-7-9-11-23)38-18-27(17-37-20(4)32)14-22(27)15-31-13-12-24(28)29-26(31)34/h7-13,15,19,21H,5-6,14,16-18H2,1-4H3,(H,30,35)(H2,28,29,34)/b22-15-/t19-,27-,40?/m0/s1. The number of nitrogen functional groups attached to an aromatic ring is 1. The van der Waals surface area contributed by atoms with Crippen LogP contribution in [0.3, 0.4) is 0 Å². The molecule has 1 aromatic carbocycles. The average Bonchev–Trinajstić information content (AvgIpc) is 3.61. The van der Waals surface area contributed by atoms with Gasteiger partial charge in [0.2, 0.25) is 0 Å². The van der Waals surface area contributed by atoms with Crippen molar-refractivity contribution in [3.8, 4) is 5.75 Å². The number of carbonyl (C=O) groups is 2. The Hall–Kier alpha value is -3.47. The third kappa shape index (κ3) is 8.77. The largest absolute Gasteiger partial charge is 0.465 e. The van der Waals surface area contributed by atoms with E-state index >= 15 is 0 Å². The Bertz CT molecular complexity index is 1310. The molecule has 0 bridgehead atoms. The van der Waals surface area contributed by atoms with Gasteiger partial charge in [0, 0.05) is 19.3 Å². The molecule has 1 fully saturated rings. The third-order valence-corrected chi connectivity index (χ3v) is 8.21. The molecule has 0 spiro atoms. The summed E-state index contributed by atoms with van der Waals surface area (Å²) in [5, 5.41) is 2.68. The minimum Gasteiger partial charge on any atom is -0.465 e. The van der Waals surface area contributed by atoms with Crippen molar-refractivity contribution in [2.45, 2.75) is 53.0 Å². The first-order chi connectivity index (χ1) is 19.0. The summed E-state index contributed by atoms with van der Waals surface area (Å²) in [5.74, 6) is -0.528. The summed E-state index contributed by atoms with van der Waals surface area (Å²) in [6.07, 6.45) is 5.13. The molecule has 1 aliphatic carbocycles. The number of ether oxygens (including phenoxy) is 2. The first-order valence-electron chi connectivity index (χ1n) is 13.1. The average molecular weight is 577 g/mol. The highest BCUT2D eigenvalue weighted by molar-refractivity contribution is 7.52. The van der Waals surface area contributed by atoms with Gasteiger partial charge in [-0.15, -0.1) is 0 Å². The van der Waals surface area contributed by atoms with Crippen molar-refractivity contribution >= 4 is 31.7 Å². The molecule has 13 heteroatoms. The Morgan fingerprint density at radius 2 is 1.88 bits per heavy atom. The van der Waals surface area contributed by atoms with Gasteiger partial charge in [0.25, 0.3) is 0 Å². The van der Waals surface area contributed by atoms with E-state index in [2.05, 4.69) is 10.1 Å². The molecule has 2 aromatic rings. The van der Waals surface area contributed by atoms with Crippen LogP contribution in [0.2, 0.25) is 0 Å². The van der Waals surface area contributed by atoms with Crippen LogP contribution < -0.4 is 21.0 Å². The lowest BCUT2D eigenvalue weighted by atomic mass is 10.1. The number of hydrogen-bond acceptors (Lipinski definition) is 10. The molecule has 1 saturated carbocycles. The van der Waals surface area contributed by atoms with Gasteiger partial charge in [-0.25, -0.2) is 9.36 Å². The highest BCUT2D eigenvalue weighted by Gasteiger charge is 2.52. The third-order valence-electron chi connectivity index (χ3n) is 6.58. The number of anilines is 1. The molecule has 0 saturated heterocycles. The van der Waals surface area contributed by atoms with Crippen molar-refractivity contribution in [2.24, 2.45) is 11.3 Å². The van der Waals surface area contributed by atoms with Crippen LogP contribution in [0, 0.1) is 11.3 Å². The highest BCUT2D eigenvalue weighted by atomic mass is 31.2. The maximum Gasteiger partial charge on any atom is 0.459 e. The van der Waals surface area contributed by atoms with Crippen LogP contribution in [0.25, 0.3) is 6.20 Å². The summed E-state index contributed by atoms with van der Waals surface area (Å²) in [7, 11) is -4.16. The number of benzene rings is 1. The van der Waals surface area contributed by atoms with Crippen molar-refractivity contribution in [1.29, 1.82) is 0 Å². The van der Waals surface area contributed by atoms with Crippen LogP contribution in [0.1, 0.15) is 47.0 Å². The Morgan fingerprint density at radius 3 is 2.50 bits per heavy atom. The number of hydrogen-bond donors (Lipinski definition) is 2. The zero-order valence-electron chi connectivity index (χ0n) is 23.2. The SMILES string of the molecule is CCC(CC)COC(=O)[C@H](C)NP(=O)(OC[C@@]1(COC(C)=O)C/C1=C/n1ccc(N)nc1=O)Oc1ccccc1. The summed E-state index contributed by atoms with van der Waals surface area (Å²) in [6, 6.07) is 8.84. The number of aromatic nitrogens is 2. The van der Waals surface area contributed by atoms with Crippen molar-refractivity contribution in [3.63, 3.8) is 0 Å². The van der Waals surface area contributed by atoms with Gasteiger partial charge in [0.05, 0.1) is 18.6 Å². The van der Waals surface area contributed by atoms with Gasteiger partial charge in [-0.2, -0.15) is 10.1 Å². The van der Waals surface area contributed by atoms with Gasteiger partial charge in [-0.05, 0) is 43.0 Å². The maximum absolute atomic E-state index is 13.9. The van der Waals surface area contributed by atoms with Gasteiger partial charge in [0.15, 0.2) is 0 Å². The van der Waals surface area contributed by atoms with Crippen molar-refractivity contribution < 1.29 is 32.7 Å². The lowest BCUT2D eigenvalue weighted by Gasteiger charge is -2.25. The minimum atomic E-state index is -4.16. The molecule has 3 rings (SSSR count). The fraction of sp³-hybridized carbons (Fsp3) is 0.481. The number of nitrogens with zero attached hydrogens (tertiary/aromatic N) is 2. The number of para-hydroxylation sites is 1. The Kier molecular flexibility index (Phi) is 10.7. The van der Waals surface area contributed by atoms with Crippen molar-refractivity contribution in [2.75, 3.05) is 25.6 Å². The second kappa shape index (κ2) is 13.7. The van der Waals surface area contributed by atoms with Crippen LogP contribution >= 0.6 is 7.75 Å². The topological polar surface area (TPSA) is 161 Å². The fourth-order valence-corrected chi connectivity index (χ4v) is 5.40. The number of nitrogens with two attached hydrogens (primary N) is 1. The van der Waals surface area contributed by atoms with E-state index in [1.54, 1.807) is 36.5 Å². The monoisotopic (exact) mass is 576 g/mol. The Balaban J connectivity index is 1.80. The second-order valence-corrected chi connectivity index (χ2v) is 11.5. The van der Waals surface area contributed by atoms with E-state index in [9.17, 15) is 18.9 Å². The molecule has 3 atom stereocenters.